The SMILES string of the molecule is O=c1ccn(-c2cnc3ccccc3c2)nc1. The molecule has 0 N–H and O–H groups in total. The van der Waals surface area contributed by atoms with Gasteiger partial charge in [0.15, 0.2) is 5.43 Å². The van der Waals surface area contributed by atoms with Gasteiger partial charge in [-0.05, 0) is 12.1 Å². The minimum atomic E-state index is -0.102. The van der Waals surface area contributed by atoms with E-state index in [2.05, 4.69) is 10.1 Å². The van der Waals surface area contributed by atoms with E-state index in [0.29, 0.717) is 0 Å². The largest absolute Gasteiger partial charge is 0.288 e. The van der Waals surface area contributed by atoms with Crippen molar-refractivity contribution in [3.05, 3.63) is 65.2 Å². The number of pyridine rings is 1. The molecule has 4 nitrogen and oxygen atoms in total. The fraction of sp³-hybridized carbons (Fsp3) is 0. The molecule has 17 heavy (non-hydrogen) atoms. The third-order valence-electron chi connectivity index (χ3n) is 2.53. The third kappa shape index (κ3) is 1.80. The molecule has 0 aliphatic carbocycles. The van der Waals surface area contributed by atoms with Gasteiger partial charge in [0.25, 0.3) is 0 Å². The maximum absolute atomic E-state index is 11.0. The van der Waals surface area contributed by atoms with E-state index >= 15 is 0 Å². The molecule has 0 unspecified atom stereocenters. The van der Waals surface area contributed by atoms with Gasteiger partial charge in [0.1, 0.15) is 0 Å². The van der Waals surface area contributed by atoms with Crippen LogP contribution >= 0.6 is 0 Å². The summed E-state index contributed by atoms with van der Waals surface area (Å²) in [5.41, 5.74) is 1.68. The Morgan fingerprint density at radius 1 is 1.06 bits per heavy atom. The Morgan fingerprint density at radius 2 is 1.94 bits per heavy atom. The molecular weight excluding hydrogens is 214 g/mol. The van der Waals surface area contributed by atoms with Crippen LogP contribution in [0.4, 0.5) is 0 Å². The van der Waals surface area contributed by atoms with Crippen molar-refractivity contribution >= 4 is 10.9 Å². The standard InChI is InChI=1S/C13H9N3O/c17-12-5-6-16(15-9-12)11-7-10-3-1-2-4-13(10)14-8-11/h1-9H. The number of benzene rings is 1. The van der Waals surface area contributed by atoms with Crippen molar-refractivity contribution in [2.45, 2.75) is 0 Å². The van der Waals surface area contributed by atoms with Crippen LogP contribution in [-0.4, -0.2) is 14.8 Å². The number of nitrogens with zero attached hydrogens (tertiary/aromatic N) is 3. The van der Waals surface area contributed by atoms with Gasteiger partial charge in [0, 0.05) is 17.6 Å². The van der Waals surface area contributed by atoms with Crippen molar-refractivity contribution in [1.82, 2.24) is 14.8 Å². The minimum Gasteiger partial charge on any atom is -0.288 e. The van der Waals surface area contributed by atoms with Gasteiger partial charge in [0.2, 0.25) is 0 Å². The Bertz CT molecular complexity index is 713. The van der Waals surface area contributed by atoms with E-state index in [0.717, 1.165) is 16.6 Å². The Kier molecular flexibility index (Phi) is 2.19. The molecule has 0 aliphatic heterocycles. The lowest BCUT2D eigenvalue weighted by Crippen LogP contribution is -2.06. The lowest BCUT2D eigenvalue weighted by atomic mass is 10.2. The van der Waals surface area contributed by atoms with Crippen molar-refractivity contribution in [3.63, 3.8) is 0 Å². The van der Waals surface area contributed by atoms with Gasteiger partial charge in [-0.3, -0.25) is 9.78 Å². The zero-order chi connectivity index (χ0) is 11.7. The molecule has 1 aromatic carbocycles. The summed E-state index contributed by atoms with van der Waals surface area (Å²) in [4.78, 5) is 15.3. The van der Waals surface area contributed by atoms with E-state index in [1.54, 1.807) is 17.1 Å². The zero-order valence-corrected chi connectivity index (χ0v) is 8.95. The Morgan fingerprint density at radius 3 is 2.76 bits per heavy atom. The Balaban J connectivity index is 2.17. The molecule has 0 fully saturated rings. The van der Waals surface area contributed by atoms with Crippen molar-refractivity contribution in [2.75, 3.05) is 0 Å². The normalized spacial score (nSPS) is 10.6. The third-order valence-corrected chi connectivity index (χ3v) is 2.53. The topological polar surface area (TPSA) is 47.8 Å². The van der Waals surface area contributed by atoms with Gasteiger partial charge in [-0.25, -0.2) is 4.68 Å². The fourth-order valence-corrected chi connectivity index (χ4v) is 1.68. The van der Waals surface area contributed by atoms with Gasteiger partial charge in [0.05, 0.1) is 23.6 Å². The Hall–Kier alpha value is -2.49. The molecule has 0 radical (unpaired) electrons. The number of hydrogen-bond donors (Lipinski definition) is 0. The van der Waals surface area contributed by atoms with Crippen LogP contribution in [-0.2, 0) is 0 Å². The molecule has 2 aromatic heterocycles. The molecular formula is C13H9N3O. The van der Waals surface area contributed by atoms with Gasteiger partial charge in [-0.1, -0.05) is 18.2 Å². The molecule has 0 saturated heterocycles. The molecule has 0 saturated carbocycles. The van der Waals surface area contributed by atoms with Gasteiger partial charge >= 0.3 is 0 Å². The van der Waals surface area contributed by atoms with Gasteiger partial charge in [-0.2, -0.15) is 5.10 Å². The van der Waals surface area contributed by atoms with Crippen LogP contribution in [0.5, 0.6) is 0 Å². The number of hydrogen-bond acceptors (Lipinski definition) is 3. The average molecular weight is 223 g/mol. The Labute approximate surface area is 97.2 Å². The maximum Gasteiger partial charge on any atom is 0.200 e. The predicted molar refractivity (Wildman–Crippen MR) is 65.1 cm³/mol. The maximum atomic E-state index is 11.0. The van der Waals surface area contributed by atoms with Crippen molar-refractivity contribution in [3.8, 4) is 5.69 Å². The summed E-state index contributed by atoms with van der Waals surface area (Å²) in [5, 5.41) is 5.07. The van der Waals surface area contributed by atoms with Crippen molar-refractivity contribution in [1.29, 1.82) is 0 Å². The van der Waals surface area contributed by atoms with Crippen LogP contribution in [0.1, 0.15) is 0 Å². The van der Waals surface area contributed by atoms with Gasteiger partial charge < -0.3 is 0 Å². The van der Waals surface area contributed by atoms with Crippen LogP contribution in [0.2, 0.25) is 0 Å². The molecule has 2 heterocycles. The zero-order valence-electron chi connectivity index (χ0n) is 8.95. The summed E-state index contributed by atoms with van der Waals surface area (Å²) >= 11 is 0. The molecule has 0 atom stereocenters. The quantitative estimate of drug-likeness (QED) is 0.631. The van der Waals surface area contributed by atoms with E-state index < -0.39 is 0 Å². The van der Waals surface area contributed by atoms with Crippen LogP contribution < -0.4 is 5.43 Å². The molecule has 0 amide bonds. The predicted octanol–water partition coefficient (Wildman–Crippen LogP) is 1.78. The first-order valence-electron chi connectivity index (χ1n) is 5.23. The number of aromatic nitrogens is 3. The van der Waals surface area contributed by atoms with Crippen molar-refractivity contribution in [2.24, 2.45) is 0 Å². The highest BCUT2D eigenvalue weighted by molar-refractivity contribution is 5.79. The second-order valence-electron chi connectivity index (χ2n) is 3.69. The first-order chi connectivity index (χ1) is 8.33. The highest BCUT2D eigenvalue weighted by Gasteiger charge is 1.99. The van der Waals surface area contributed by atoms with Crippen LogP contribution in [0.25, 0.3) is 16.6 Å². The summed E-state index contributed by atoms with van der Waals surface area (Å²) in [5.74, 6) is 0. The van der Waals surface area contributed by atoms with Crippen LogP contribution in [0, 0.1) is 0 Å². The average Bonchev–Trinajstić information content (AvgIpc) is 2.39. The van der Waals surface area contributed by atoms with E-state index in [-0.39, 0.29) is 5.43 Å². The lowest BCUT2D eigenvalue weighted by molar-refractivity contribution is 0.833. The highest BCUT2D eigenvalue weighted by atomic mass is 16.1. The monoisotopic (exact) mass is 223 g/mol. The molecule has 0 aliphatic rings. The molecule has 3 aromatic rings. The molecule has 0 spiro atoms. The smallest absolute Gasteiger partial charge is 0.200 e. The second kappa shape index (κ2) is 3.83. The first-order valence-corrected chi connectivity index (χ1v) is 5.23. The summed E-state index contributed by atoms with van der Waals surface area (Å²) < 4.78 is 1.63. The van der Waals surface area contributed by atoms with E-state index in [9.17, 15) is 4.79 Å². The number of rotatable bonds is 1. The number of fused-ring (bicyclic) bond motifs is 1. The van der Waals surface area contributed by atoms with E-state index in [4.69, 9.17) is 0 Å². The van der Waals surface area contributed by atoms with Crippen LogP contribution in [0.15, 0.2) is 59.8 Å². The molecule has 4 heteroatoms. The molecule has 0 bridgehead atoms. The lowest BCUT2D eigenvalue weighted by Gasteiger charge is -2.04. The molecule has 82 valence electrons. The minimum absolute atomic E-state index is 0.102. The van der Waals surface area contributed by atoms with Crippen molar-refractivity contribution < 1.29 is 0 Å². The summed E-state index contributed by atoms with van der Waals surface area (Å²) in [6, 6.07) is 11.3. The van der Waals surface area contributed by atoms with E-state index in [1.807, 2.05) is 30.3 Å². The van der Waals surface area contributed by atoms with Gasteiger partial charge in [-0.15, -0.1) is 0 Å². The summed E-state index contributed by atoms with van der Waals surface area (Å²) in [7, 11) is 0. The fourth-order valence-electron chi connectivity index (χ4n) is 1.68. The van der Waals surface area contributed by atoms with Crippen LogP contribution in [0.3, 0.4) is 0 Å². The number of para-hydroxylation sites is 1. The highest BCUT2D eigenvalue weighted by Crippen LogP contribution is 2.14. The second-order valence-corrected chi connectivity index (χ2v) is 3.69. The molecule has 3 rings (SSSR count). The van der Waals surface area contributed by atoms with E-state index in [1.165, 1.54) is 12.3 Å². The summed E-state index contributed by atoms with van der Waals surface area (Å²) in [6.07, 6.45) is 4.66. The first kappa shape index (κ1) is 9.72. The summed E-state index contributed by atoms with van der Waals surface area (Å²) in [6.45, 7) is 0.